The first kappa shape index (κ1) is 26.5. The maximum atomic E-state index is 7.91. The molecule has 39 heavy (non-hydrogen) atoms. The van der Waals surface area contributed by atoms with Gasteiger partial charge in [0.05, 0.1) is 35.6 Å². The summed E-state index contributed by atoms with van der Waals surface area (Å²) in [6, 6.07) is 0. The molecule has 2 heterocycles. The van der Waals surface area contributed by atoms with E-state index in [0.717, 1.165) is 23.7 Å². The lowest BCUT2D eigenvalue weighted by atomic mass is 9.69. The second-order valence-electron chi connectivity index (χ2n) is 17.8. The molecule has 220 valence electrons. The van der Waals surface area contributed by atoms with Crippen molar-refractivity contribution >= 4 is 0 Å². The molecule has 2 aliphatic heterocycles. The molecule has 0 aromatic carbocycles. The Hall–Kier alpha value is -0.120. The highest BCUT2D eigenvalue weighted by Gasteiger charge is 2.72. The normalized spacial score (nSPS) is 53.7. The van der Waals surface area contributed by atoms with E-state index in [9.17, 15) is 0 Å². The van der Waals surface area contributed by atoms with Crippen LogP contribution in [0.5, 0.6) is 0 Å². The predicted octanol–water partition coefficient (Wildman–Crippen LogP) is 8.87. The lowest BCUT2D eigenvalue weighted by molar-refractivity contribution is -0.268. The standard InChI is InChI=1S/C36H58O3/c1-31(2)25-13-19-33(31,5)29-23(25)21-27(37-29)35(15-9-7-10-16-35)39-36(17-11-8-12-18-36)28-22-24-26-14-20-34(6,30(24)38-28)32(26,3)4/h23-30H,7-22H2,1-6H3. The van der Waals surface area contributed by atoms with E-state index < -0.39 is 0 Å². The summed E-state index contributed by atoms with van der Waals surface area (Å²) in [5.74, 6) is 3.15. The molecule has 6 saturated carbocycles. The van der Waals surface area contributed by atoms with Crippen molar-refractivity contribution in [2.75, 3.05) is 0 Å². The lowest BCUT2D eigenvalue weighted by Crippen LogP contribution is -2.58. The van der Waals surface area contributed by atoms with E-state index in [-0.39, 0.29) is 23.4 Å². The van der Waals surface area contributed by atoms with Crippen molar-refractivity contribution in [2.45, 2.75) is 180 Å². The van der Waals surface area contributed by atoms with E-state index >= 15 is 0 Å². The Bertz CT molecular complexity index is 909. The third kappa shape index (κ3) is 3.18. The van der Waals surface area contributed by atoms with Gasteiger partial charge < -0.3 is 14.2 Å². The van der Waals surface area contributed by atoms with Crippen LogP contribution in [0.1, 0.15) is 144 Å². The SMILES string of the molecule is CC1(C)C2CCC1(C)C1OC(C3(OC4(C5CC6C7CCC(C)(C6O5)C7(C)C)CCCCC4)CCCCC3)CC21. The van der Waals surface area contributed by atoms with E-state index in [0.29, 0.717) is 33.9 Å². The highest BCUT2D eigenvalue weighted by atomic mass is 16.6. The van der Waals surface area contributed by atoms with Crippen LogP contribution in [-0.4, -0.2) is 35.6 Å². The van der Waals surface area contributed by atoms with Crippen LogP contribution in [0.4, 0.5) is 0 Å². The summed E-state index contributed by atoms with van der Waals surface area (Å²) in [5, 5.41) is 0. The number of rotatable bonds is 4. The Morgan fingerprint density at radius 1 is 0.513 bits per heavy atom. The van der Waals surface area contributed by atoms with Gasteiger partial charge in [-0.2, -0.15) is 0 Å². The molecule has 2 saturated heterocycles. The summed E-state index contributed by atoms with van der Waals surface area (Å²) in [7, 11) is 0. The van der Waals surface area contributed by atoms with Gasteiger partial charge in [-0.3, -0.25) is 0 Å². The Kier molecular flexibility index (Phi) is 5.63. The van der Waals surface area contributed by atoms with Crippen LogP contribution in [0.25, 0.3) is 0 Å². The monoisotopic (exact) mass is 538 g/mol. The van der Waals surface area contributed by atoms with Crippen molar-refractivity contribution in [1.82, 2.24) is 0 Å². The van der Waals surface area contributed by atoms with E-state index in [1.165, 1.54) is 103 Å². The van der Waals surface area contributed by atoms with Gasteiger partial charge >= 0.3 is 0 Å². The highest BCUT2D eigenvalue weighted by molar-refractivity contribution is 5.20. The van der Waals surface area contributed by atoms with Gasteiger partial charge in [0.1, 0.15) is 0 Å². The van der Waals surface area contributed by atoms with Crippen molar-refractivity contribution in [3.05, 3.63) is 0 Å². The molecule has 3 nitrogen and oxygen atoms in total. The Morgan fingerprint density at radius 2 is 0.897 bits per heavy atom. The minimum atomic E-state index is -0.0942. The minimum absolute atomic E-state index is 0.0942. The fourth-order valence-electron chi connectivity index (χ4n) is 13.4. The van der Waals surface area contributed by atoms with E-state index in [1.807, 2.05) is 0 Å². The lowest BCUT2D eigenvalue weighted by Gasteiger charge is -2.53. The minimum Gasteiger partial charge on any atom is -0.371 e. The van der Waals surface area contributed by atoms with Gasteiger partial charge in [0, 0.05) is 0 Å². The largest absolute Gasteiger partial charge is 0.371 e. The summed E-state index contributed by atoms with van der Waals surface area (Å²) < 4.78 is 22.6. The molecule has 0 N–H and O–H groups in total. The smallest absolute Gasteiger partial charge is 0.0952 e. The van der Waals surface area contributed by atoms with Gasteiger partial charge in [0.25, 0.3) is 0 Å². The average Bonchev–Trinajstić information content (AvgIpc) is 3.69. The molecule has 10 atom stereocenters. The Balaban J connectivity index is 1.10. The van der Waals surface area contributed by atoms with Crippen LogP contribution in [0.2, 0.25) is 0 Å². The summed E-state index contributed by atoms with van der Waals surface area (Å²) in [4.78, 5) is 0. The molecule has 8 fully saturated rings. The second-order valence-corrected chi connectivity index (χ2v) is 17.8. The molecule has 3 heteroatoms. The van der Waals surface area contributed by atoms with Crippen LogP contribution in [-0.2, 0) is 14.2 Å². The van der Waals surface area contributed by atoms with Crippen molar-refractivity contribution in [3.63, 3.8) is 0 Å². The summed E-state index contributed by atoms with van der Waals surface area (Å²) in [6.45, 7) is 15.3. The Morgan fingerprint density at radius 3 is 1.26 bits per heavy atom. The van der Waals surface area contributed by atoms with Crippen molar-refractivity contribution in [2.24, 2.45) is 45.3 Å². The van der Waals surface area contributed by atoms with Crippen LogP contribution in [0.3, 0.4) is 0 Å². The highest BCUT2D eigenvalue weighted by Crippen LogP contribution is 2.73. The zero-order valence-electron chi connectivity index (χ0n) is 26.2. The van der Waals surface area contributed by atoms with Gasteiger partial charge in [0.2, 0.25) is 0 Å². The molecule has 8 rings (SSSR count). The van der Waals surface area contributed by atoms with E-state index in [1.54, 1.807) is 0 Å². The van der Waals surface area contributed by atoms with Crippen LogP contribution < -0.4 is 0 Å². The molecule has 0 radical (unpaired) electrons. The quantitative estimate of drug-likeness (QED) is 0.358. The average molecular weight is 539 g/mol. The first-order chi connectivity index (χ1) is 18.5. The zero-order valence-corrected chi connectivity index (χ0v) is 26.2. The van der Waals surface area contributed by atoms with E-state index in [4.69, 9.17) is 14.2 Å². The number of fused-ring (bicyclic) bond motifs is 10. The van der Waals surface area contributed by atoms with Gasteiger partial charge in [0.15, 0.2) is 0 Å². The fraction of sp³-hybridized carbons (Fsp3) is 1.00. The first-order valence-corrected chi connectivity index (χ1v) is 17.5. The van der Waals surface area contributed by atoms with Gasteiger partial charge in [-0.25, -0.2) is 0 Å². The first-order valence-electron chi connectivity index (χ1n) is 17.5. The number of ether oxygens (including phenoxy) is 3. The molecule has 0 amide bonds. The van der Waals surface area contributed by atoms with Crippen LogP contribution in [0.15, 0.2) is 0 Å². The summed E-state index contributed by atoms with van der Waals surface area (Å²) in [5.41, 5.74) is 1.31. The van der Waals surface area contributed by atoms with Gasteiger partial charge in [-0.05, 0) is 110 Å². The molecule has 8 aliphatic rings. The predicted molar refractivity (Wildman–Crippen MR) is 155 cm³/mol. The molecular formula is C36H58O3. The maximum absolute atomic E-state index is 7.91. The third-order valence-corrected chi connectivity index (χ3v) is 16.4. The summed E-state index contributed by atoms with van der Waals surface area (Å²) in [6.07, 6.45) is 22.3. The summed E-state index contributed by atoms with van der Waals surface area (Å²) >= 11 is 0. The molecular weight excluding hydrogens is 480 g/mol. The molecule has 6 aliphatic carbocycles. The molecule has 0 aromatic rings. The third-order valence-electron chi connectivity index (χ3n) is 16.4. The molecule has 0 aromatic heterocycles. The van der Waals surface area contributed by atoms with Crippen LogP contribution in [0, 0.1) is 45.3 Å². The topological polar surface area (TPSA) is 27.7 Å². The van der Waals surface area contributed by atoms with Gasteiger partial charge in [-0.15, -0.1) is 0 Å². The molecule has 0 spiro atoms. The number of hydrogen-bond acceptors (Lipinski definition) is 3. The van der Waals surface area contributed by atoms with Crippen LogP contribution >= 0.6 is 0 Å². The van der Waals surface area contributed by atoms with Crippen molar-refractivity contribution in [3.8, 4) is 0 Å². The fourth-order valence-corrected chi connectivity index (χ4v) is 13.4. The van der Waals surface area contributed by atoms with Crippen molar-refractivity contribution in [1.29, 1.82) is 0 Å². The second kappa shape index (κ2) is 8.28. The zero-order chi connectivity index (χ0) is 27.1. The maximum Gasteiger partial charge on any atom is 0.0952 e. The molecule has 4 bridgehead atoms. The Labute approximate surface area is 239 Å². The van der Waals surface area contributed by atoms with Crippen molar-refractivity contribution < 1.29 is 14.2 Å². The molecule has 10 unspecified atom stereocenters. The van der Waals surface area contributed by atoms with E-state index in [2.05, 4.69) is 41.5 Å². The van der Waals surface area contributed by atoms with Gasteiger partial charge in [-0.1, -0.05) is 80.1 Å². The number of hydrogen-bond donors (Lipinski definition) is 0.